The Kier molecular flexibility index (Phi) is 7.46. The first-order valence-corrected chi connectivity index (χ1v) is 9.73. The van der Waals surface area contributed by atoms with Gasteiger partial charge in [-0.3, -0.25) is 0 Å². The number of aromatic nitrogens is 2. The Balaban J connectivity index is 0.00000300. The predicted octanol–water partition coefficient (Wildman–Crippen LogP) is -0.773. The molecule has 2 aromatic carbocycles. The number of amidine groups is 1. The molecular weight excluding hydrogens is 425 g/mol. The zero-order valence-electron chi connectivity index (χ0n) is 15.5. The van der Waals surface area contributed by atoms with Crippen LogP contribution in [-0.4, -0.2) is 24.2 Å². The molecule has 0 saturated carbocycles. The summed E-state index contributed by atoms with van der Waals surface area (Å²) in [6.07, 6.45) is 0. The summed E-state index contributed by atoms with van der Waals surface area (Å²) in [4.78, 5) is -0.180. The molecule has 0 radical (unpaired) electrons. The molecule has 0 bridgehead atoms. The second kappa shape index (κ2) is 9.43. The quantitative estimate of drug-likeness (QED) is 0.325. The number of benzene rings is 2. The number of anilines is 1. The first-order chi connectivity index (χ1) is 13.3. The molecule has 3 rings (SSSR count). The minimum atomic E-state index is -4.24. The fourth-order valence-corrected chi connectivity index (χ4v) is 3.40. The molecule has 0 aliphatic heterocycles. The van der Waals surface area contributed by atoms with Gasteiger partial charge in [-0.2, -0.15) is 23.2 Å². The van der Waals surface area contributed by atoms with Crippen molar-refractivity contribution in [2.24, 2.45) is 4.40 Å². The van der Waals surface area contributed by atoms with Crippen LogP contribution < -0.4 is 40.0 Å². The Labute approximate surface area is 194 Å². The molecule has 11 heteroatoms. The van der Waals surface area contributed by atoms with Crippen molar-refractivity contribution >= 4 is 33.5 Å². The molecule has 0 aliphatic carbocycles. The molecule has 1 aromatic heterocycles. The van der Waals surface area contributed by atoms with Gasteiger partial charge >= 0.3 is 29.6 Å². The van der Waals surface area contributed by atoms with Crippen LogP contribution in [-0.2, 0) is 10.0 Å². The Morgan fingerprint density at radius 1 is 1.21 bits per heavy atom. The molecule has 8 nitrogen and oxygen atoms in total. The first-order valence-electron chi connectivity index (χ1n) is 7.91. The zero-order chi connectivity index (χ0) is 20.3. The maximum absolute atomic E-state index is 12.3. The summed E-state index contributed by atoms with van der Waals surface area (Å²) in [5, 5.41) is 28.6. The molecule has 0 aliphatic rings. The molecule has 1 N–H and O–H groups in total. The Hall–Kier alpha value is -2.35. The number of hydrogen-bond donors (Lipinski definition) is 1. The molecule has 3 aromatic rings. The van der Waals surface area contributed by atoms with Gasteiger partial charge in [0.2, 0.25) is 0 Å². The number of aryl methyl sites for hydroxylation is 1. The number of rotatable bonds is 4. The van der Waals surface area contributed by atoms with E-state index in [0.29, 0.717) is 16.4 Å². The van der Waals surface area contributed by atoms with Crippen LogP contribution in [0.15, 0.2) is 63.9 Å². The van der Waals surface area contributed by atoms with E-state index in [1.165, 1.54) is 28.9 Å². The van der Waals surface area contributed by atoms with Gasteiger partial charge in [0.25, 0.3) is 10.0 Å². The van der Waals surface area contributed by atoms with E-state index in [0.717, 1.165) is 0 Å². The third-order valence-electron chi connectivity index (χ3n) is 3.71. The van der Waals surface area contributed by atoms with Crippen LogP contribution in [0, 0.1) is 18.3 Å². The van der Waals surface area contributed by atoms with Gasteiger partial charge < -0.3 is 10.4 Å². The standard InChI is InChI=1S/C18H14ClN5O3S.Na/c1-12-16(11-20)17(24(22-12)14-5-3-2-4-6-14)21-18(25)23-28(26,27)15-9-7-13(19)8-10-15;/h2-10H,1H3,(H2,21,23,25);/q;+1/p-1. The van der Waals surface area contributed by atoms with Crippen LogP contribution in [0.1, 0.15) is 11.3 Å². The number of halogens is 1. The van der Waals surface area contributed by atoms with E-state index >= 15 is 0 Å². The van der Waals surface area contributed by atoms with Crippen molar-refractivity contribution in [3.8, 4) is 11.8 Å². The Morgan fingerprint density at radius 3 is 2.41 bits per heavy atom. The molecular formula is C18H13ClN5NaO3S. The number of sulfonamides is 1. The van der Waals surface area contributed by atoms with Crippen molar-refractivity contribution in [3.05, 3.63) is 70.9 Å². The Bertz CT molecular complexity index is 1190. The smallest absolute Gasteiger partial charge is 0.845 e. The molecule has 29 heavy (non-hydrogen) atoms. The van der Waals surface area contributed by atoms with Crippen molar-refractivity contribution in [1.82, 2.24) is 9.78 Å². The molecule has 0 saturated heterocycles. The third kappa shape index (κ3) is 5.18. The fourth-order valence-electron chi connectivity index (χ4n) is 2.43. The number of para-hydroxylation sites is 1. The van der Waals surface area contributed by atoms with Gasteiger partial charge in [0, 0.05) is 5.02 Å². The number of hydrogen-bond acceptors (Lipinski definition) is 5. The van der Waals surface area contributed by atoms with Crippen molar-refractivity contribution in [2.45, 2.75) is 11.8 Å². The summed E-state index contributed by atoms with van der Waals surface area (Å²) in [5.41, 5.74) is 1.07. The van der Waals surface area contributed by atoms with Gasteiger partial charge in [0.1, 0.15) is 11.6 Å². The van der Waals surface area contributed by atoms with Crippen LogP contribution in [0.3, 0.4) is 0 Å². The van der Waals surface area contributed by atoms with Crippen LogP contribution in [0.5, 0.6) is 0 Å². The number of nitrogens with one attached hydrogen (secondary N) is 1. The van der Waals surface area contributed by atoms with Gasteiger partial charge in [-0.1, -0.05) is 29.8 Å². The number of nitriles is 1. The second-order valence-corrected chi connectivity index (χ2v) is 7.66. The van der Waals surface area contributed by atoms with E-state index < -0.39 is 16.0 Å². The topological polar surface area (TPSA) is 123 Å². The van der Waals surface area contributed by atoms with Crippen molar-refractivity contribution in [3.63, 3.8) is 0 Å². The van der Waals surface area contributed by atoms with E-state index in [4.69, 9.17) is 11.6 Å². The maximum atomic E-state index is 12.3. The van der Waals surface area contributed by atoms with Crippen LogP contribution >= 0.6 is 11.6 Å². The molecule has 0 spiro atoms. The molecule has 0 atom stereocenters. The van der Waals surface area contributed by atoms with Crippen LogP contribution in [0.2, 0.25) is 5.02 Å². The summed E-state index contributed by atoms with van der Waals surface area (Å²) in [7, 11) is -4.24. The van der Waals surface area contributed by atoms with E-state index in [9.17, 15) is 18.8 Å². The van der Waals surface area contributed by atoms with Crippen LogP contribution in [0.4, 0.5) is 5.82 Å². The summed E-state index contributed by atoms with van der Waals surface area (Å²) in [6.45, 7) is 1.61. The summed E-state index contributed by atoms with van der Waals surface area (Å²) in [5.74, 6) is 0.0336. The van der Waals surface area contributed by atoms with E-state index in [2.05, 4.69) is 14.8 Å². The van der Waals surface area contributed by atoms with Gasteiger partial charge in [0.05, 0.1) is 22.3 Å². The van der Waals surface area contributed by atoms with E-state index in [-0.39, 0.29) is 45.8 Å². The minimum Gasteiger partial charge on any atom is -0.845 e. The summed E-state index contributed by atoms with van der Waals surface area (Å²) < 4.78 is 29.2. The second-order valence-electron chi connectivity index (χ2n) is 5.62. The molecule has 0 amide bonds. The summed E-state index contributed by atoms with van der Waals surface area (Å²) >= 11 is 5.74. The third-order valence-corrected chi connectivity index (χ3v) is 5.24. The average Bonchev–Trinajstić information content (AvgIpc) is 2.97. The molecule has 0 unspecified atom stereocenters. The normalized spacial score (nSPS) is 11.4. The minimum absolute atomic E-state index is 0. The monoisotopic (exact) mass is 437 g/mol. The summed E-state index contributed by atoms with van der Waals surface area (Å²) in [6, 6.07) is 14.8. The van der Waals surface area contributed by atoms with Crippen molar-refractivity contribution in [2.75, 3.05) is 5.32 Å². The number of nitrogens with zero attached hydrogens (tertiary/aromatic N) is 4. The predicted molar refractivity (Wildman–Crippen MR) is 103 cm³/mol. The van der Waals surface area contributed by atoms with Crippen molar-refractivity contribution < 1.29 is 43.1 Å². The van der Waals surface area contributed by atoms with E-state index in [1.54, 1.807) is 37.3 Å². The van der Waals surface area contributed by atoms with Gasteiger partial charge in [0.15, 0.2) is 5.82 Å². The largest absolute Gasteiger partial charge is 1.00 e. The van der Waals surface area contributed by atoms with Crippen LogP contribution in [0.25, 0.3) is 5.69 Å². The van der Waals surface area contributed by atoms with Crippen molar-refractivity contribution in [1.29, 1.82) is 5.26 Å². The molecule has 142 valence electrons. The first kappa shape index (κ1) is 22.9. The molecule has 1 heterocycles. The SMILES string of the molecule is Cc1nn(-c2ccccc2)c(NC([O-])=NS(=O)(=O)c2ccc(Cl)cc2)c1C#N.[Na+]. The van der Waals surface area contributed by atoms with Gasteiger partial charge in [-0.05, 0) is 43.3 Å². The fraction of sp³-hybridized carbons (Fsp3) is 0.0556. The van der Waals surface area contributed by atoms with Gasteiger partial charge in [-0.15, -0.1) is 0 Å². The maximum Gasteiger partial charge on any atom is 1.00 e. The molecule has 0 fully saturated rings. The zero-order valence-corrected chi connectivity index (χ0v) is 19.1. The van der Waals surface area contributed by atoms with Gasteiger partial charge in [-0.25, -0.2) is 4.68 Å². The van der Waals surface area contributed by atoms with E-state index in [1.807, 2.05) is 6.07 Å². The average molecular weight is 438 g/mol. The Morgan fingerprint density at radius 2 is 1.83 bits per heavy atom.